The van der Waals surface area contributed by atoms with Gasteiger partial charge in [0, 0.05) is 11.7 Å². The number of hydrogen-bond acceptors (Lipinski definition) is 5. The zero-order valence-corrected chi connectivity index (χ0v) is 14.2. The number of carboxylic acids is 1. The van der Waals surface area contributed by atoms with Crippen LogP contribution in [0, 0.1) is 0 Å². The van der Waals surface area contributed by atoms with E-state index in [1.54, 1.807) is 30.3 Å². The van der Waals surface area contributed by atoms with Gasteiger partial charge in [-0.3, -0.25) is 0 Å². The summed E-state index contributed by atoms with van der Waals surface area (Å²) in [5.74, 6) is -2.18. The normalized spacial score (nSPS) is 13.3. The fourth-order valence-corrected chi connectivity index (χ4v) is 1.38. The van der Waals surface area contributed by atoms with E-state index >= 15 is 0 Å². The van der Waals surface area contributed by atoms with Gasteiger partial charge in [0.2, 0.25) is 0 Å². The Labute approximate surface area is 155 Å². The van der Waals surface area contributed by atoms with Crippen LogP contribution in [0.3, 0.4) is 0 Å². The third-order valence-corrected chi connectivity index (χ3v) is 2.20. The van der Waals surface area contributed by atoms with Gasteiger partial charge in [-0.2, -0.15) is 0 Å². The molecule has 0 aliphatic heterocycles. The number of hydrogen-bond donors (Lipinski definition) is 1. The Morgan fingerprint density at radius 3 is 2.47 bits per heavy atom. The van der Waals surface area contributed by atoms with Gasteiger partial charge in [-0.15, -0.1) is 0 Å². The quantitative estimate of drug-likeness (QED) is 0.358. The SMILES string of the molecule is [2H]C(C(=O)OC)=C(C)NC(C(=O)[O-])c1ccccc1.[K+]. The van der Waals surface area contributed by atoms with Gasteiger partial charge in [0.15, 0.2) is 0 Å². The Balaban J connectivity index is 0.00000361. The smallest absolute Gasteiger partial charge is 0.548 e. The zero-order chi connectivity index (χ0) is 14.4. The van der Waals surface area contributed by atoms with Crippen molar-refractivity contribution in [2.75, 3.05) is 7.11 Å². The van der Waals surface area contributed by atoms with Gasteiger partial charge in [0.05, 0.1) is 20.5 Å². The minimum atomic E-state index is -1.34. The average molecular weight is 288 g/mol. The van der Waals surface area contributed by atoms with Crippen molar-refractivity contribution < 1.29 is 72.2 Å². The van der Waals surface area contributed by atoms with E-state index in [9.17, 15) is 14.7 Å². The van der Waals surface area contributed by atoms with Crippen LogP contribution in [-0.4, -0.2) is 19.0 Å². The predicted octanol–water partition coefficient (Wildman–Crippen LogP) is -2.85. The number of carbonyl (C=O) groups is 2. The molecule has 6 heteroatoms. The van der Waals surface area contributed by atoms with E-state index in [4.69, 9.17) is 1.37 Å². The Bertz CT molecular complexity index is 504. The number of aliphatic carboxylic acids is 1. The minimum absolute atomic E-state index is 0. The Kier molecular flexibility index (Phi) is 8.00. The van der Waals surface area contributed by atoms with E-state index in [1.807, 2.05) is 0 Å². The standard InChI is InChI=1S/C13H15NO4.K/c1-9(8-11(15)18-2)14-12(13(16)17)10-6-4-3-5-7-10;/h3-8,12,14H,1-2H3,(H,16,17);/q;+1/p-1/i8D;. The van der Waals surface area contributed by atoms with Crippen molar-refractivity contribution in [1.29, 1.82) is 0 Å². The molecule has 1 unspecified atom stereocenters. The third kappa shape index (κ3) is 6.35. The van der Waals surface area contributed by atoms with E-state index < -0.39 is 24.0 Å². The van der Waals surface area contributed by atoms with Crippen LogP contribution < -0.4 is 61.8 Å². The summed E-state index contributed by atoms with van der Waals surface area (Å²) in [6.07, 6.45) is 0. The van der Waals surface area contributed by atoms with Crippen molar-refractivity contribution in [3.63, 3.8) is 0 Å². The first-order valence-corrected chi connectivity index (χ1v) is 5.25. The number of esters is 1. The van der Waals surface area contributed by atoms with Crippen molar-refractivity contribution in [3.8, 4) is 0 Å². The molecule has 0 spiro atoms. The number of carbonyl (C=O) groups excluding carboxylic acids is 2. The number of rotatable bonds is 5. The van der Waals surface area contributed by atoms with E-state index in [2.05, 4.69) is 10.1 Å². The molecule has 0 fully saturated rings. The molecule has 0 amide bonds. The van der Waals surface area contributed by atoms with Crippen molar-refractivity contribution in [3.05, 3.63) is 47.6 Å². The first kappa shape index (κ1) is 16.4. The maximum atomic E-state index is 11.2. The summed E-state index contributed by atoms with van der Waals surface area (Å²) in [6, 6.07) is 6.80. The van der Waals surface area contributed by atoms with Crippen molar-refractivity contribution >= 4 is 11.9 Å². The first-order chi connectivity index (χ1) is 8.97. The summed E-state index contributed by atoms with van der Waals surface area (Å²) in [6.45, 7) is 1.43. The minimum Gasteiger partial charge on any atom is -0.548 e. The van der Waals surface area contributed by atoms with Crippen LogP contribution >= 0.6 is 0 Å². The second kappa shape index (κ2) is 9.27. The number of allylic oxidation sites excluding steroid dienone is 1. The molecule has 0 saturated heterocycles. The molecule has 0 saturated carbocycles. The van der Waals surface area contributed by atoms with Crippen LogP contribution in [0.4, 0.5) is 0 Å². The number of nitrogens with one attached hydrogen (secondary N) is 1. The Hall–Kier alpha value is -0.664. The summed E-state index contributed by atoms with van der Waals surface area (Å²) in [4.78, 5) is 22.3. The molecule has 0 aliphatic carbocycles. The van der Waals surface area contributed by atoms with Gasteiger partial charge >= 0.3 is 57.4 Å². The molecule has 0 aliphatic rings. The molecule has 19 heavy (non-hydrogen) atoms. The zero-order valence-electron chi connectivity index (χ0n) is 12.1. The van der Waals surface area contributed by atoms with E-state index in [1.165, 1.54) is 6.92 Å². The second-order valence-electron chi connectivity index (χ2n) is 3.55. The first-order valence-electron chi connectivity index (χ1n) is 5.75. The maximum absolute atomic E-state index is 11.2. The molecule has 1 N–H and O–H groups in total. The van der Waals surface area contributed by atoms with E-state index in [0.717, 1.165) is 7.11 Å². The molecule has 0 radical (unpaired) electrons. The Morgan fingerprint density at radius 1 is 1.42 bits per heavy atom. The molecule has 0 aromatic heterocycles. The molecule has 1 rings (SSSR count). The summed E-state index contributed by atoms with van der Waals surface area (Å²) < 4.78 is 11.9. The van der Waals surface area contributed by atoms with Crippen LogP contribution in [-0.2, 0) is 14.3 Å². The molecule has 5 nitrogen and oxygen atoms in total. The average Bonchev–Trinajstić information content (AvgIpc) is 2.43. The number of methoxy groups -OCH3 is 1. The summed E-state index contributed by atoms with van der Waals surface area (Å²) >= 11 is 0. The van der Waals surface area contributed by atoms with Gasteiger partial charge in [0.25, 0.3) is 0 Å². The van der Waals surface area contributed by atoms with Crippen LogP contribution in [0.25, 0.3) is 0 Å². The van der Waals surface area contributed by atoms with Crippen LogP contribution in [0.2, 0.25) is 0 Å². The number of benzene rings is 1. The molecule has 1 aromatic carbocycles. The van der Waals surface area contributed by atoms with Crippen LogP contribution in [0.15, 0.2) is 42.1 Å². The summed E-state index contributed by atoms with van der Waals surface area (Å²) in [7, 11) is 1.15. The van der Waals surface area contributed by atoms with Gasteiger partial charge in [0.1, 0.15) is 0 Å². The van der Waals surface area contributed by atoms with Gasteiger partial charge in [-0.05, 0) is 12.5 Å². The van der Waals surface area contributed by atoms with Crippen molar-refractivity contribution in [2.45, 2.75) is 13.0 Å². The predicted molar refractivity (Wildman–Crippen MR) is 63.1 cm³/mol. The molecule has 1 atom stereocenters. The fourth-order valence-electron chi connectivity index (χ4n) is 1.38. The second-order valence-corrected chi connectivity index (χ2v) is 3.55. The number of carboxylic acid groups (broad SMARTS) is 1. The van der Waals surface area contributed by atoms with Gasteiger partial charge in [-0.25, -0.2) is 4.79 Å². The molecule has 0 heterocycles. The largest absolute Gasteiger partial charge is 1.00 e. The van der Waals surface area contributed by atoms with Gasteiger partial charge < -0.3 is 20.0 Å². The van der Waals surface area contributed by atoms with Crippen LogP contribution in [0.1, 0.15) is 19.9 Å². The monoisotopic (exact) mass is 288 g/mol. The summed E-state index contributed by atoms with van der Waals surface area (Å²) in [5.41, 5.74) is 0.574. The van der Waals surface area contributed by atoms with Crippen molar-refractivity contribution in [1.82, 2.24) is 5.32 Å². The Morgan fingerprint density at radius 2 is 2.00 bits per heavy atom. The summed E-state index contributed by atoms with van der Waals surface area (Å²) in [5, 5.41) is 13.7. The van der Waals surface area contributed by atoms with Gasteiger partial charge in [-0.1, -0.05) is 30.3 Å². The fraction of sp³-hybridized carbons (Fsp3) is 0.231. The van der Waals surface area contributed by atoms with Crippen LogP contribution in [0.5, 0.6) is 0 Å². The molecular weight excluding hydrogens is 273 g/mol. The number of ether oxygens (including phenoxy) is 1. The topological polar surface area (TPSA) is 78.5 Å². The van der Waals surface area contributed by atoms with E-state index in [-0.39, 0.29) is 57.1 Å². The van der Waals surface area contributed by atoms with E-state index in [0.29, 0.717) is 5.56 Å². The molecular formula is C13H14KNO4. The van der Waals surface area contributed by atoms with Crippen molar-refractivity contribution in [2.24, 2.45) is 0 Å². The molecule has 0 bridgehead atoms. The molecule has 96 valence electrons. The third-order valence-electron chi connectivity index (χ3n) is 2.20. The molecule has 1 aromatic rings. The maximum Gasteiger partial charge on any atom is 1.00 e.